The normalized spacial score (nSPS) is 11.2. The molecule has 0 aliphatic rings. The monoisotopic (exact) mass is 418 g/mol. The summed E-state index contributed by atoms with van der Waals surface area (Å²) in [6.45, 7) is -0.0193. The van der Waals surface area contributed by atoms with Gasteiger partial charge in [0, 0.05) is 18.7 Å². The van der Waals surface area contributed by atoms with E-state index in [1.54, 1.807) is 18.2 Å². The number of amides is 1. The Hall–Kier alpha value is -1.83. The Morgan fingerprint density at radius 3 is 2.46 bits per heavy atom. The first kappa shape index (κ1) is 20.5. The van der Waals surface area contributed by atoms with Crippen LogP contribution >= 0.6 is 23.2 Å². The molecule has 140 valence electrons. The maximum absolute atomic E-state index is 13.9. The van der Waals surface area contributed by atoms with Gasteiger partial charge in [-0.1, -0.05) is 35.3 Å². The van der Waals surface area contributed by atoms with E-state index in [0.717, 1.165) is 10.6 Å². The van der Waals surface area contributed by atoms with Crippen LogP contribution in [0.3, 0.4) is 0 Å². The van der Waals surface area contributed by atoms with Crippen molar-refractivity contribution in [2.75, 3.05) is 22.4 Å². The van der Waals surface area contributed by atoms with Crippen LogP contribution in [0.2, 0.25) is 10.0 Å². The van der Waals surface area contributed by atoms with Crippen LogP contribution < -0.4 is 9.62 Å². The van der Waals surface area contributed by atoms with Crippen LogP contribution in [0.15, 0.2) is 42.5 Å². The zero-order valence-corrected chi connectivity index (χ0v) is 16.2. The highest BCUT2D eigenvalue weighted by Gasteiger charge is 2.20. The van der Waals surface area contributed by atoms with Gasteiger partial charge in [-0.05, 0) is 36.8 Å². The quantitative estimate of drug-likeness (QED) is 0.727. The molecule has 0 aliphatic carbocycles. The minimum absolute atomic E-state index is 0.0193. The van der Waals surface area contributed by atoms with Crippen molar-refractivity contribution < 1.29 is 17.6 Å². The van der Waals surface area contributed by atoms with Gasteiger partial charge in [-0.15, -0.1) is 0 Å². The fourth-order valence-corrected chi connectivity index (χ4v) is 3.56. The number of hydrogen-bond donors (Lipinski definition) is 1. The molecule has 1 amide bonds. The standard InChI is InChI=1S/C17H17Cl2FN2O3S/c1-26(24,25)22(16-6-3-2-5-15(16)20)10-4-7-17(23)21-12-8-9-13(18)14(19)11-12/h2-3,5-6,8-9,11H,4,7,10H2,1H3,(H,21,23). The Morgan fingerprint density at radius 2 is 1.85 bits per heavy atom. The van der Waals surface area contributed by atoms with Gasteiger partial charge < -0.3 is 5.32 Å². The van der Waals surface area contributed by atoms with Crippen LogP contribution in [0.1, 0.15) is 12.8 Å². The van der Waals surface area contributed by atoms with E-state index in [0.29, 0.717) is 15.7 Å². The molecular formula is C17H17Cl2FN2O3S. The number of carbonyl (C=O) groups is 1. The molecule has 1 N–H and O–H groups in total. The molecule has 9 heteroatoms. The highest BCUT2D eigenvalue weighted by molar-refractivity contribution is 7.92. The SMILES string of the molecule is CS(=O)(=O)N(CCCC(=O)Nc1ccc(Cl)c(Cl)c1)c1ccccc1F. The molecule has 0 aromatic heterocycles. The molecule has 0 unspecified atom stereocenters. The van der Waals surface area contributed by atoms with Crippen molar-refractivity contribution in [2.45, 2.75) is 12.8 Å². The van der Waals surface area contributed by atoms with Crippen molar-refractivity contribution in [3.05, 3.63) is 58.3 Å². The summed E-state index contributed by atoms with van der Waals surface area (Å²) >= 11 is 11.7. The minimum Gasteiger partial charge on any atom is -0.326 e. The van der Waals surface area contributed by atoms with Gasteiger partial charge in [0.05, 0.1) is 22.0 Å². The molecule has 2 rings (SSSR count). The van der Waals surface area contributed by atoms with Gasteiger partial charge >= 0.3 is 0 Å². The maximum atomic E-state index is 13.9. The molecule has 0 aliphatic heterocycles. The van der Waals surface area contributed by atoms with Gasteiger partial charge in [-0.25, -0.2) is 12.8 Å². The number of sulfonamides is 1. The largest absolute Gasteiger partial charge is 0.326 e. The topological polar surface area (TPSA) is 66.5 Å². The highest BCUT2D eigenvalue weighted by Crippen LogP contribution is 2.25. The molecule has 0 saturated heterocycles. The summed E-state index contributed by atoms with van der Waals surface area (Å²) in [5, 5.41) is 3.34. The first-order valence-electron chi connectivity index (χ1n) is 7.65. The van der Waals surface area contributed by atoms with Crippen LogP contribution in [0, 0.1) is 5.82 Å². The predicted octanol–water partition coefficient (Wildman–Crippen LogP) is 4.32. The fourth-order valence-electron chi connectivity index (χ4n) is 2.30. The summed E-state index contributed by atoms with van der Waals surface area (Å²) < 4.78 is 38.8. The van der Waals surface area contributed by atoms with Gasteiger partial charge in [-0.2, -0.15) is 0 Å². The molecular weight excluding hydrogens is 402 g/mol. The number of carbonyl (C=O) groups excluding carboxylic acids is 1. The Morgan fingerprint density at radius 1 is 1.15 bits per heavy atom. The molecule has 0 atom stereocenters. The van der Waals surface area contributed by atoms with Crippen LogP contribution in [-0.4, -0.2) is 27.1 Å². The van der Waals surface area contributed by atoms with Crippen molar-refractivity contribution in [2.24, 2.45) is 0 Å². The molecule has 5 nitrogen and oxygen atoms in total. The van der Waals surface area contributed by atoms with Gasteiger partial charge in [0.2, 0.25) is 15.9 Å². The number of para-hydroxylation sites is 1. The summed E-state index contributed by atoms with van der Waals surface area (Å²) in [6, 6.07) is 10.3. The van der Waals surface area contributed by atoms with Crippen LogP contribution in [0.4, 0.5) is 15.8 Å². The molecule has 2 aromatic carbocycles. The Balaban J connectivity index is 1.98. The average molecular weight is 419 g/mol. The molecule has 0 fully saturated rings. The van der Waals surface area contributed by atoms with E-state index in [9.17, 15) is 17.6 Å². The van der Waals surface area contributed by atoms with Gasteiger partial charge in [0.25, 0.3) is 0 Å². The highest BCUT2D eigenvalue weighted by atomic mass is 35.5. The van der Waals surface area contributed by atoms with E-state index in [1.165, 1.54) is 24.3 Å². The van der Waals surface area contributed by atoms with Crippen molar-refractivity contribution in [3.8, 4) is 0 Å². The summed E-state index contributed by atoms with van der Waals surface area (Å²) in [4.78, 5) is 12.0. The molecule has 2 aromatic rings. The number of nitrogens with zero attached hydrogens (tertiary/aromatic N) is 1. The lowest BCUT2D eigenvalue weighted by Gasteiger charge is -2.22. The number of nitrogens with one attached hydrogen (secondary N) is 1. The summed E-state index contributed by atoms with van der Waals surface area (Å²) in [7, 11) is -3.68. The van der Waals surface area contributed by atoms with E-state index >= 15 is 0 Å². The number of anilines is 2. The summed E-state index contributed by atoms with van der Waals surface area (Å²) in [5.41, 5.74) is 0.443. The lowest BCUT2D eigenvalue weighted by Crippen LogP contribution is -2.32. The molecule has 0 saturated carbocycles. The van der Waals surface area contributed by atoms with E-state index in [2.05, 4.69) is 5.32 Å². The summed E-state index contributed by atoms with van der Waals surface area (Å²) in [6.07, 6.45) is 1.27. The zero-order valence-electron chi connectivity index (χ0n) is 13.9. The third-order valence-electron chi connectivity index (χ3n) is 3.49. The number of halogens is 3. The van der Waals surface area contributed by atoms with Crippen molar-refractivity contribution in [3.63, 3.8) is 0 Å². The van der Waals surface area contributed by atoms with Crippen LogP contribution in [-0.2, 0) is 14.8 Å². The smallest absolute Gasteiger partial charge is 0.232 e. The second kappa shape index (κ2) is 8.70. The molecule has 0 radical (unpaired) electrons. The van der Waals surface area contributed by atoms with E-state index in [-0.39, 0.29) is 31.0 Å². The zero-order chi connectivity index (χ0) is 19.3. The van der Waals surface area contributed by atoms with E-state index in [4.69, 9.17) is 23.2 Å². The maximum Gasteiger partial charge on any atom is 0.232 e. The van der Waals surface area contributed by atoms with Crippen molar-refractivity contribution >= 4 is 50.5 Å². The van der Waals surface area contributed by atoms with E-state index < -0.39 is 15.8 Å². The third kappa shape index (κ3) is 5.59. The van der Waals surface area contributed by atoms with Gasteiger partial charge in [0.1, 0.15) is 5.82 Å². The molecule has 26 heavy (non-hydrogen) atoms. The Bertz CT molecular complexity index is 907. The van der Waals surface area contributed by atoms with Gasteiger partial charge in [-0.3, -0.25) is 9.10 Å². The Labute approximate surface area is 161 Å². The second-order valence-electron chi connectivity index (χ2n) is 5.57. The lowest BCUT2D eigenvalue weighted by molar-refractivity contribution is -0.116. The van der Waals surface area contributed by atoms with Crippen molar-refractivity contribution in [1.82, 2.24) is 0 Å². The van der Waals surface area contributed by atoms with E-state index in [1.807, 2.05) is 0 Å². The molecule has 0 spiro atoms. The van der Waals surface area contributed by atoms with Crippen LogP contribution in [0.25, 0.3) is 0 Å². The first-order chi connectivity index (χ1) is 12.2. The first-order valence-corrected chi connectivity index (χ1v) is 10.3. The summed E-state index contributed by atoms with van der Waals surface area (Å²) in [5.74, 6) is -0.955. The average Bonchev–Trinajstić information content (AvgIpc) is 2.55. The number of rotatable bonds is 7. The lowest BCUT2D eigenvalue weighted by atomic mass is 10.2. The Kier molecular flexibility index (Phi) is 6.86. The second-order valence-corrected chi connectivity index (χ2v) is 8.29. The number of hydrogen-bond acceptors (Lipinski definition) is 3. The fraction of sp³-hybridized carbons (Fsp3) is 0.235. The van der Waals surface area contributed by atoms with Crippen LogP contribution in [0.5, 0.6) is 0 Å². The predicted molar refractivity (Wildman–Crippen MR) is 103 cm³/mol. The van der Waals surface area contributed by atoms with Gasteiger partial charge in [0.15, 0.2) is 0 Å². The van der Waals surface area contributed by atoms with Crippen molar-refractivity contribution in [1.29, 1.82) is 0 Å². The number of benzene rings is 2. The third-order valence-corrected chi connectivity index (χ3v) is 5.41. The molecule has 0 bridgehead atoms. The minimum atomic E-state index is -3.68. The molecule has 0 heterocycles.